The highest BCUT2D eigenvalue weighted by Gasteiger charge is 2.12. The van der Waals surface area contributed by atoms with Crippen LogP contribution in [0.5, 0.6) is 17.2 Å². The lowest BCUT2D eigenvalue weighted by atomic mass is 10.1. The monoisotopic (exact) mass is 377 g/mol. The lowest BCUT2D eigenvalue weighted by Gasteiger charge is -2.13. The maximum Gasteiger partial charge on any atom is 0.251 e. The lowest BCUT2D eigenvalue weighted by Crippen LogP contribution is -2.23. The van der Waals surface area contributed by atoms with E-state index >= 15 is 0 Å². The summed E-state index contributed by atoms with van der Waals surface area (Å²) in [5.41, 5.74) is 1.27. The molecule has 2 aromatic carbocycles. The first-order chi connectivity index (χ1) is 12.4. The Labute approximate surface area is 159 Å². The molecule has 0 radical (unpaired) electrons. The normalized spacial score (nSPS) is 10.5. The van der Waals surface area contributed by atoms with E-state index in [1.54, 1.807) is 44.6 Å². The van der Waals surface area contributed by atoms with Crippen molar-refractivity contribution in [2.24, 2.45) is 5.92 Å². The van der Waals surface area contributed by atoms with E-state index in [4.69, 9.17) is 25.8 Å². The average molecular weight is 378 g/mol. The Morgan fingerprint density at radius 1 is 1.12 bits per heavy atom. The number of rotatable bonds is 8. The molecule has 0 atom stereocenters. The minimum absolute atomic E-state index is 0.203. The van der Waals surface area contributed by atoms with Crippen LogP contribution in [0.4, 0.5) is 0 Å². The molecule has 2 aromatic rings. The van der Waals surface area contributed by atoms with Crippen LogP contribution in [0.2, 0.25) is 5.02 Å². The summed E-state index contributed by atoms with van der Waals surface area (Å²) in [6.07, 6.45) is 0. The van der Waals surface area contributed by atoms with Gasteiger partial charge in [-0.15, -0.1) is 0 Å². The zero-order valence-corrected chi connectivity index (χ0v) is 16.2. The largest absolute Gasteiger partial charge is 0.493 e. The molecule has 0 saturated carbocycles. The zero-order valence-electron chi connectivity index (χ0n) is 15.5. The van der Waals surface area contributed by atoms with E-state index in [-0.39, 0.29) is 12.5 Å². The van der Waals surface area contributed by atoms with Gasteiger partial charge in [-0.25, -0.2) is 0 Å². The number of hydrogen-bond acceptors (Lipinski definition) is 4. The van der Waals surface area contributed by atoms with Crippen LogP contribution in [-0.2, 0) is 6.54 Å². The predicted molar refractivity (Wildman–Crippen MR) is 103 cm³/mol. The minimum Gasteiger partial charge on any atom is -0.493 e. The van der Waals surface area contributed by atoms with Crippen molar-refractivity contribution >= 4 is 17.5 Å². The van der Waals surface area contributed by atoms with Crippen molar-refractivity contribution in [2.45, 2.75) is 20.4 Å². The maximum absolute atomic E-state index is 12.4. The Hall–Kier alpha value is -2.40. The minimum atomic E-state index is -0.203. The van der Waals surface area contributed by atoms with E-state index in [1.807, 2.05) is 6.07 Å². The molecule has 0 aliphatic carbocycles. The van der Waals surface area contributed by atoms with Crippen molar-refractivity contribution in [1.29, 1.82) is 0 Å². The molecule has 26 heavy (non-hydrogen) atoms. The SMILES string of the molecule is COc1cc(Cl)c(CNC(=O)c2cccc(OCC(C)C)c2)cc1OC. The van der Waals surface area contributed by atoms with E-state index in [2.05, 4.69) is 19.2 Å². The van der Waals surface area contributed by atoms with Gasteiger partial charge in [0.25, 0.3) is 5.91 Å². The highest BCUT2D eigenvalue weighted by atomic mass is 35.5. The highest BCUT2D eigenvalue weighted by molar-refractivity contribution is 6.31. The van der Waals surface area contributed by atoms with E-state index in [9.17, 15) is 4.79 Å². The molecule has 2 rings (SSSR count). The maximum atomic E-state index is 12.4. The average Bonchev–Trinajstić information content (AvgIpc) is 2.65. The molecule has 0 saturated heterocycles. The van der Waals surface area contributed by atoms with E-state index < -0.39 is 0 Å². The van der Waals surface area contributed by atoms with Crippen molar-refractivity contribution in [3.8, 4) is 17.2 Å². The molecule has 140 valence electrons. The number of amides is 1. The summed E-state index contributed by atoms with van der Waals surface area (Å²) >= 11 is 6.26. The second-order valence-electron chi connectivity index (χ2n) is 6.21. The van der Waals surface area contributed by atoms with Gasteiger partial charge >= 0.3 is 0 Å². The fourth-order valence-corrected chi connectivity index (χ4v) is 2.52. The predicted octanol–water partition coefficient (Wildman–Crippen LogP) is 4.32. The van der Waals surface area contributed by atoms with Crippen LogP contribution < -0.4 is 19.5 Å². The van der Waals surface area contributed by atoms with Gasteiger partial charge < -0.3 is 19.5 Å². The fraction of sp³-hybridized carbons (Fsp3) is 0.350. The van der Waals surface area contributed by atoms with Crippen LogP contribution in [-0.4, -0.2) is 26.7 Å². The number of benzene rings is 2. The number of halogens is 1. The molecular weight excluding hydrogens is 354 g/mol. The first-order valence-corrected chi connectivity index (χ1v) is 8.73. The third-order valence-corrected chi connectivity index (χ3v) is 4.02. The number of ether oxygens (including phenoxy) is 3. The van der Waals surface area contributed by atoms with Crippen molar-refractivity contribution < 1.29 is 19.0 Å². The molecule has 0 aliphatic heterocycles. The summed E-state index contributed by atoms with van der Waals surface area (Å²) in [5, 5.41) is 3.36. The molecule has 0 aliphatic rings. The topological polar surface area (TPSA) is 56.8 Å². The van der Waals surface area contributed by atoms with Crippen molar-refractivity contribution in [3.05, 3.63) is 52.5 Å². The molecule has 0 fully saturated rings. The van der Waals surface area contributed by atoms with Crippen LogP contribution in [0, 0.1) is 5.92 Å². The smallest absolute Gasteiger partial charge is 0.251 e. The summed E-state index contributed by atoms with van der Waals surface area (Å²) in [6.45, 7) is 5.02. The summed E-state index contributed by atoms with van der Waals surface area (Å²) in [5.74, 6) is 1.99. The molecule has 6 heteroatoms. The molecule has 0 bridgehead atoms. The first kappa shape index (κ1) is 19.9. The lowest BCUT2D eigenvalue weighted by molar-refractivity contribution is 0.0950. The quantitative estimate of drug-likeness (QED) is 0.744. The Morgan fingerprint density at radius 3 is 2.46 bits per heavy atom. The molecule has 0 spiro atoms. The van der Waals surface area contributed by atoms with Gasteiger partial charge in [0.2, 0.25) is 0 Å². The highest BCUT2D eigenvalue weighted by Crippen LogP contribution is 2.33. The first-order valence-electron chi connectivity index (χ1n) is 8.36. The molecule has 0 aromatic heterocycles. The number of methoxy groups -OCH3 is 2. The van der Waals surface area contributed by atoms with Gasteiger partial charge in [-0.1, -0.05) is 31.5 Å². The van der Waals surface area contributed by atoms with Crippen LogP contribution in [0.15, 0.2) is 36.4 Å². The van der Waals surface area contributed by atoms with Gasteiger partial charge in [-0.3, -0.25) is 4.79 Å². The summed E-state index contributed by atoms with van der Waals surface area (Å²) in [7, 11) is 3.10. The van der Waals surface area contributed by atoms with Crippen LogP contribution >= 0.6 is 11.6 Å². The summed E-state index contributed by atoms with van der Waals surface area (Å²) < 4.78 is 16.1. The Balaban J connectivity index is 2.06. The van der Waals surface area contributed by atoms with Crippen molar-refractivity contribution in [2.75, 3.05) is 20.8 Å². The fourth-order valence-electron chi connectivity index (χ4n) is 2.30. The van der Waals surface area contributed by atoms with E-state index in [0.29, 0.717) is 40.4 Å². The third kappa shape index (κ3) is 5.30. The van der Waals surface area contributed by atoms with Crippen LogP contribution in [0.1, 0.15) is 29.8 Å². The zero-order chi connectivity index (χ0) is 19.1. The van der Waals surface area contributed by atoms with E-state index in [0.717, 1.165) is 5.56 Å². The van der Waals surface area contributed by atoms with Gasteiger partial charge in [0.15, 0.2) is 11.5 Å². The third-order valence-electron chi connectivity index (χ3n) is 3.67. The molecule has 5 nitrogen and oxygen atoms in total. The van der Waals surface area contributed by atoms with E-state index in [1.165, 1.54) is 0 Å². The van der Waals surface area contributed by atoms with Gasteiger partial charge in [0, 0.05) is 23.2 Å². The Morgan fingerprint density at radius 2 is 1.81 bits per heavy atom. The Kier molecular flexibility index (Phi) is 7.16. The molecule has 1 amide bonds. The van der Waals surface area contributed by atoms with Crippen molar-refractivity contribution in [1.82, 2.24) is 5.32 Å². The van der Waals surface area contributed by atoms with Gasteiger partial charge in [-0.2, -0.15) is 0 Å². The molecule has 0 heterocycles. The summed E-state index contributed by atoms with van der Waals surface area (Å²) in [4.78, 5) is 12.4. The molecular formula is C20H24ClNO4. The number of nitrogens with one attached hydrogen (secondary N) is 1. The number of carbonyl (C=O) groups excluding carboxylic acids is 1. The second kappa shape index (κ2) is 9.34. The van der Waals surface area contributed by atoms with Gasteiger partial charge in [0.05, 0.1) is 20.8 Å². The molecule has 1 N–H and O–H groups in total. The molecule has 0 unspecified atom stereocenters. The Bertz CT molecular complexity index is 761. The summed E-state index contributed by atoms with van der Waals surface area (Å²) in [6, 6.07) is 10.5. The van der Waals surface area contributed by atoms with Gasteiger partial charge in [-0.05, 0) is 35.7 Å². The standard InChI is InChI=1S/C20H24ClNO4/c1-13(2)12-26-16-7-5-6-14(8-16)20(23)22-11-15-9-18(24-3)19(25-4)10-17(15)21/h5-10,13H,11-12H2,1-4H3,(H,22,23). The van der Waals surface area contributed by atoms with Crippen LogP contribution in [0.3, 0.4) is 0 Å². The van der Waals surface area contributed by atoms with Crippen molar-refractivity contribution in [3.63, 3.8) is 0 Å². The van der Waals surface area contributed by atoms with Crippen LogP contribution in [0.25, 0.3) is 0 Å². The number of hydrogen-bond donors (Lipinski definition) is 1. The number of carbonyl (C=O) groups is 1. The van der Waals surface area contributed by atoms with Gasteiger partial charge in [0.1, 0.15) is 5.75 Å². The second-order valence-corrected chi connectivity index (χ2v) is 6.62.